The van der Waals surface area contributed by atoms with E-state index in [0.717, 1.165) is 51.9 Å². The van der Waals surface area contributed by atoms with E-state index in [-0.39, 0.29) is 5.97 Å². The number of hydrogen-bond donors (Lipinski definition) is 1. The SMILES string of the molecule is CCCNC1(C(=O)OC)CCC(N(CC)CCOC)C1. The minimum absolute atomic E-state index is 0.115. The molecule has 0 aromatic heterocycles. The molecule has 1 fully saturated rings. The fourth-order valence-corrected chi connectivity index (χ4v) is 3.12. The summed E-state index contributed by atoms with van der Waals surface area (Å²) < 4.78 is 10.2. The molecule has 0 radical (unpaired) electrons. The summed E-state index contributed by atoms with van der Waals surface area (Å²) in [6, 6.07) is 0.429. The van der Waals surface area contributed by atoms with Crippen molar-refractivity contribution < 1.29 is 14.3 Å². The number of methoxy groups -OCH3 is 2. The number of hydrogen-bond acceptors (Lipinski definition) is 5. The first-order valence-corrected chi connectivity index (χ1v) is 7.70. The Kier molecular flexibility index (Phi) is 7.48. The van der Waals surface area contributed by atoms with E-state index in [2.05, 4.69) is 24.1 Å². The number of likely N-dealkylation sites (N-methyl/N-ethyl adjacent to an activating group) is 1. The normalized spacial score (nSPS) is 26.1. The highest BCUT2D eigenvalue weighted by Gasteiger charge is 2.47. The van der Waals surface area contributed by atoms with Gasteiger partial charge in [-0.15, -0.1) is 0 Å². The summed E-state index contributed by atoms with van der Waals surface area (Å²) in [5.41, 5.74) is -0.490. The predicted octanol–water partition coefficient (Wildman–Crippen LogP) is 1.42. The summed E-state index contributed by atoms with van der Waals surface area (Å²) in [5, 5.41) is 3.43. The molecular weight excluding hydrogens is 256 g/mol. The number of nitrogens with zero attached hydrogens (tertiary/aromatic N) is 1. The lowest BCUT2D eigenvalue weighted by Gasteiger charge is -2.31. The standard InChI is InChI=1S/C15H30N2O3/c1-5-9-16-15(14(18)20-4)8-7-13(12-15)17(6-2)10-11-19-3/h13,16H,5-12H2,1-4H3. The van der Waals surface area contributed by atoms with Crippen LogP contribution >= 0.6 is 0 Å². The third-order valence-electron chi connectivity index (χ3n) is 4.28. The Bertz CT molecular complexity index is 299. The quantitative estimate of drug-likeness (QED) is 0.650. The van der Waals surface area contributed by atoms with E-state index in [1.807, 2.05) is 0 Å². The third kappa shape index (κ3) is 4.17. The molecule has 1 aliphatic rings. The molecule has 0 aromatic carbocycles. The number of carbonyl (C=O) groups excluding carboxylic acids is 1. The van der Waals surface area contributed by atoms with Gasteiger partial charge in [0.2, 0.25) is 0 Å². The van der Waals surface area contributed by atoms with Gasteiger partial charge in [-0.25, -0.2) is 0 Å². The molecule has 0 heterocycles. The Labute approximate surface area is 123 Å². The van der Waals surface area contributed by atoms with Crippen LogP contribution in [0.3, 0.4) is 0 Å². The monoisotopic (exact) mass is 286 g/mol. The summed E-state index contributed by atoms with van der Waals surface area (Å²) in [7, 11) is 3.21. The van der Waals surface area contributed by atoms with E-state index in [0.29, 0.717) is 6.04 Å². The van der Waals surface area contributed by atoms with Crippen molar-refractivity contribution in [1.82, 2.24) is 10.2 Å². The minimum atomic E-state index is -0.490. The van der Waals surface area contributed by atoms with Crippen LogP contribution in [0.2, 0.25) is 0 Å². The summed E-state index contributed by atoms with van der Waals surface area (Å²) in [5.74, 6) is -0.115. The zero-order chi connectivity index (χ0) is 15.0. The molecule has 0 bridgehead atoms. The van der Waals surface area contributed by atoms with Gasteiger partial charge in [0.15, 0.2) is 0 Å². The van der Waals surface area contributed by atoms with Crippen LogP contribution in [-0.2, 0) is 14.3 Å². The third-order valence-corrected chi connectivity index (χ3v) is 4.28. The molecule has 20 heavy (non-hydrogen) atoms. The number of carbonyl (C=O) groups is 1. The molecule has 1 rings (SSSR count). The lowest BCUT2D eigenvalue weighted by Crippen LogP contribution is -2.52. The minimum Gasteiger partial charge on any atom is -0.468 e. The molecule has 5 nitrogen and oxygen atoms in total. The average molecular weight is 286 g/mol. The van der Waals surface area contributed by atoms with Crippen molar-refractivity contribution in [3.8, 4) is 0 Å². The molecule has 1 N–H and O–H groups in total. The van der Waals surface area contributed by atoms with E-state index < -0.39 is 5.54 Å². The van der Waals surface area contributed by atoms with Gasteiger partial charge in [0.1, 0.15) is 5.54 Å². The molecule has 2 atom stereocenters. The van der Waals surface area contributed by atoms with Crippen LogP contribution in [0.5, 0.6) is 0 Å². The Morgan fingerprint density at radius 2 is 2.15 bits per heavy atom. The Hall–Kier alpha value is -0.650. The van der Waals surface area contributed by atoms with Crippen molar-refractivity contribution in [2.45, 2.75) is 51.1 Å². The molecule has 118 valence electrons. The smallest absolute Gasteiger partial charge is 0.326 e. The van der Waals surface area contributed by atoms with Gasteiger partial charge in [0, 0.05) is 19.7 Å². The van der Waals surface area contributed by atoms with Crippen molar-refractivity contribution in [2.75, 3.05) is 40.5 Å². The van der Waals surface area contributed by atoms with Crippen LogP contribution in [-0.4, -0.2) is 62.9 Å². The lowest BCUT2D eigenvalue weighted by atomic mass is 9.97. The van der Waals surface area contributed by atoms with E-state index in [9.17, 15) is 4.79 Å². The van der Waals surface area contributed by atoms with E-state index in [4.69, 9.17) is 9.47 Å². The highest BCUT2D eigenvalue weighted by molar-refractivity contribution is 5.81. The first kappa shape index (κ1) is 17.4. The first-order chi connectivity index (χ1) is 9.63. The molecule has 2 unspecified atom stereocenters. The molecule has 0 aliphatic heterocycles. The summed E-state index contributed by atoms with van der Waals surface area (Å²) in [6.45, 7) is 7.76. The second-order valence-electron chi connectivity index (χ2n) is 5.52. The molecule has 0 aromatic rings. The van der Waals surface area contributed by atoms with Gasteiger partial charge in [-0.05, 0) is 38.8 Å². The summed E-state index contributed by atoms with van der Waals surface area (Å²) in [4.78, 5) is 14.6. The summed E-state index contributed by atoms with van der Waals surface area (Å²) >= 11 is 0. The van der Waals surface area contributed by atoms with Gasteiger partial charge >= 0.3 is 5.97 Å². The van der Waals surface area contributed by atoms with Gasteiger partial charge in [-0.3, -0.25) is 9.69 Å². The maximum Gasteiger partial charge on any atom is 0.326 e. The Balaban J connectivity index is 2.69. The van der Waals surface area contributed by atoms with Crippen LogP contribution < -0.4 is 5.32 Å². The molecule has 1 saturated carbocycles. The molecule has 0 saturated heterocycles. The van der Waals surface area contributed by atoms with Crippen molar-refractivity contribution >= 4 is 5.97 Å². The largest absolute Gasteiger partial charge is 0.468 e. The highest BCUT2D eigenvalue weighted by Crippen LogP contribution is 2.34. The van der Waals surface area contributed by atoms with Crippen LogP contribution in [0.15, 0.2) is 0 Å². The Morgan fingerprint density at radius 1 is 1.40 bits per heavy atom. The van der Waals surface area contributed by atoms with Gasteiger partial charge in [0.25, 0.3) is 0 Å². The highest BCUT2D eigenvalue weighted by atomic mass is 16.5. The van der Waals surface area contributed by atoms with Gasteiger partial charge in [-0.1, -0.05) is 13.8 Å². The second kappa shape index (κ2) is 8.60. The topological polar surface area (TPSA) is 50.8 Å². The van der Waals surface area contributed by atoms with Crippen molar-refractivity contribution in [3.63, 3.8) is 0 Å². The number of rotatable bonds is 9. The average Bonchev–Trinajstić information content (AvgIpc) is 2.91. The Morgan fingerprint density at radius 3 is 2.70 bits per heavy atom. The van der Waals surface area contributed by atoms with Crippen LogP contribution in [0.1, 0.15) is 39.5 Å². The first-order valence-electron chi connectivity index (χ1n) is 7.70. The van der Waals surface area contributed by atoms with Gasteiger partial charge < -0.3 is 14.8 Å². The maximum atomic E-state index is 12.2. The van der Waals surface area contributed by atoms with Crippen LogP contribution in [0.25, 0.3) is 0 Å². The molecule has 1 aliphatic carbocycles. The van der Waals surface area contributed by atoms with Gasteiger partial charge in [-0.2, -0.15) is 0 Å². The number of esters is 1. The van der Waals surface area contributed by atoms with E-state index in [1.54, 1.807) is 7.11 Å². The number of ether oxygens (including phenoxy) is 2. The molecule has 5 heteroatoms. The lowest BCUT2D eigenvalue weighted by molar-refractivity contribution is -0.148. The molecular formula is C15H30N2O3. The van der Waals surface area contributed by atoms with Gasteiger partial charge in [0.05, 0.1) is 13.7 Å². The molecule has 0 spiro atoms. The maximum absolute atomic E-state index is 12.2. The second-order valence-corrected chi connectivity index (χ2v) is 5.52. The van der Waals surface area contributed by atoms with Crippen LogP contribution in [0, 0.1) is 0 Å². The summed E-state index contributed by atoms with van der Waals surface area (Å²) in [6.07, 6.45) is 3.74. The molecule has 0 amide bonds. The zero-order valence-corrected chi connectivity index (χ0v) is 13.4. The zero-order valence-electron chi connectivity index (χ0n) is 13.4. The van der Waals surface area contributed by atoms with Crippen molar-refractivity contribution in [1.29, 1.82) is 0 Å². The van der Waals surface area contributed by atoms with E-state index >= 15 is 0 Å². The fourth-order valence-electron chi connectivity index (χ4n) is 3.12. The van der Waals surface area contributed by atoms with Crippen LogP contribution in [0.4, 0.5) is 0 Å². The number of nitrogens with one attached hydrogen (secondary N) is 1. The predicted molar refractivity (Wildman–Crippen MR) is 79.8 cm³/mol. The van der Waals surface area contributed by atoms with E-state index in [1.165, 1.54) is 7.11 Å². The van der Waals surface area contributed by atoms with Crippen molar-refractivity contribution in [2.24, 2.45) is 0 Å². The van der Waals surface area contributed by atoms with Crippen molar-refractivity contribution in [3.05, 3.63) is 0 Å². The fraction of sp³-hybridized carbons (Fsp3) is 0.933.